The summed E-state index contributed by atoms with van der Waals surface area (Å²) in [5, 5.41) is 0.604. The van der Waals surface area contributed by atoms with Crippen molar-refractivity contribution in [3.63, 3.8) is 0 Å². The SMILES string of the molecule is CC(C)c1ccccc1OCC(=O)NNC(=O)c1cc(Cl)ccc1Cl. The molecule has 2 aromatic carbocycles. The number of nitrogens with one attached hydrogen (secondary N) is 2. The van der Waals surface area contributed by atoms with Gasteiger partial charge in [-0.2, -0.15) is 0 Å². The maximum absolute atomic E-state index is 12.0. The molecule has 0 saturated carbocycles. The van der Waals surface area contributed by atoms with Crippen LogP contribution in [0.2, 0.25) is 10.0 Å². The first kappa shape index (κ1) is 19.1. The van der Waals surface area contributed by atoms with Crippen LogP contribution in [0.4, 0.5) is 0 Å². The average molecular weight is 381 g/mol. The Balaban J connectivity index is 1.89. The molecule has 0 bridgehead atoms. The highest BCUT2D eigenvalue weighted by Crippen LogP contribution is 2.25. The molecule has 0 atom stereocenters. The van der Waals surface area contributed by atoms with E-state index in [1.54, 1.807) is 12.1 Å². The fourth-order valence-corrected chi connectivity index (χ4v) is 2.51. The van der Waals surface area contributed by atoms with Crippen molar-refractivity contribution < 1.29 is 14.3 Å². The molecule has 0 fully saturated rings. The zero-order chi connectivity index (χ0) is 18.4. The lowest BCUT2D eigenvalue weighted by Crippen LogP contribution is -2.44. The average Bonchev–Trinajstić information content (AvgIpc) is 2.60. The largest absolute Gasteiger partial charge is 0.483 e. The van der Waals surface area contributed by atoms with Gasteiger partial charge in [-0.25, -0.2) is 0 Å². The second kappa shape index (κ2) is 8.74. The minimum Gasteiger partial charge on any atom is -0.483 e. The smallest absolute Gasteiger partial charge is 0.276 e. The molecule has 7 heteroatoms. The van der Waals surface area contributed by atoms with Gasteiger partial charge in [-0.1, -0.05) is 55.2 Å². The number of carbonyl (C=O) groups is 2. The van der Waals surface area contributed by atoms with Gasteiger partial charge in [0.05, 0.1) is 10.6 Å². The molecule has 0 spiro atoms. The molecule has 0 saturated heterocycles. The Bertz CT molecular complexity index is 779. The molecule has 0 heterocycles. The number of benzene rings is 2. The third kappa shape index (κ3) is 5.37. The Morgan fingerprint density at radius 2 is 1.80 bits per heavy atom. The molecule has 0 aliphatic rings. The third-order valence-corrected chi connectivity index (χ3v) is 3.95. The van der Waals surface area contributed by atoms with Crippen LogP contribution in [0, 0.1) is 0 Å². The summed E-state index contributed by atoms with van der Waals surface area (Å²) >= 11 is 11.8. The van der Waals surface area contributed by atoms with Crippen molar-refractivity contribution >= 4 is 35.0 Å². The Morgan fingerprint density at radius 3 is 2.52 bits per heavy atom. The lowest BCUT2D eigenvalue weighted by Gasteiger charge is -2.14. The number of hydrogen-bond acceptors (Lipinski definition) is 3. The van der Waals surface area contributed by atoms with Gasteiger partial charge in [0.2, 0.25) is 0 Å². The van der Waals surface area contributed by atoms with E-state index in [0.29, 0.717) is 10.8 Å². The second-order valence-electron chi connectivity index (χ2n) is 5.61. The van der Waals surface area contributed by atoms with Crippen molar-refractivity contribution in [1.82, 2.24) is 10.9 Å². The van der Waals surface area contributed by atoms with Crippen LogP contribution in [0.5, 0.6) is 5.75 Å². The number of ether oxygens (including phenoxy) is 1. The Hall–Kier alpha value is -2.24. The van der Waals surface area contributed by atoms with Crippen molar-refractivity contribution in [2.24, 2.45) is 0 Å². The summed E-state index contributed by atoms with van der Waals surface area (Å²) in [5.41, 5.74) is 5.73. The Labute approximate surface area is 156 Å². The molecule has 0 aromatic heterocycles. The molecule has 0 aliphatic carbocycles. The van der Waals surface area contributed by atoms with Gasteiger partial charge >= 0.3 is 0 Å². The molecule has 2 aromatic rings. The number of halogens is 2. The van der Waals surface area contributed by atoms with Gasteiger partial charge in [0, 0.05) is 5.02 Å². The molecule has 132 valence electrons. The maximum Gasteiger partial charge on any atom is 0.276 e. The van der Waals surface area contributed by atoms with Crippen LogP contribution in [0.1, 0.15) is 35.7 Å². The zero-order valence-corrected chi connectivity index (χ0v) is 15.3. The normalized spacial score (nSPS) is 10.4. The molecule has 0 aliphatic heterocycles. The zero-order valence-electron chi connectivity index (χ0n) is 13.8. The van der Waals surface area contributed by atoms with E-state index >= 15 is 0 Å². The summed E-state index contributed by atoms with van der Waals surface area (Å²) in [6.07, 6.45) is 0. The Morgan fingerprint density at radius 1 is 1.08 bits per heavy atom. The highest BCUT2D eigenvalue weighted by molar-refractivity contribution is 6.35. The maximum atomic E-state index is 12.0. The summed E-state index contributed by atoms with van der Waals surface area (Å²) in [6.45, 7) is 3.85. The van der Waals surface area contributed by atoms with Crippen LogP contribution < -0.4 is 15.6 Å². The molecular formula is C18H18Cl2N2O3. The van der Waals surface area contributed by atoms with E-state index in [1.165, 1.54) is 12.1 Å². The van der Waals surface area contributed by atoms with Gasteiger partial charge in [-0.05, 0) is 35.7 Å². The van der Waals surface area contributed by atoms with Gasteiger partial charge in [0.1, 0.15) is 5.75 Å². The number of hydrazine groups is 1. The van der Waals surface area contributed by atoms with E-state index in [0.717, 1.165) is 5.56 Å². The van der Waals surface area contributed by atoms with Crippen molar-refractivity contribution in [2.75, 3.05) is 6.61 Å². The molecular weight excluding hydrogens is 363 g/mol. The van der Waals surface area contributed by atoms with Gasteiger partial charge in [0.25, 0.3) is 11.8 Å². The highest BCUT2D eigenvalue weighted by Gasteiger charge is 2.13. The van der Waals surface area contributed by atoms with Gasteiger partial charge in [-0.3, -0.25) is 20.4 Å². The van der Waals surface area contributed by atoms with Crippen LogP contribution in [-0.4, -0.2) is 18.4 Å². The van der Waals surface area contributed by atoms with Crippen LogP contribution in [0.15, 0.2) is 42.5 Å². The molecule has 2 N–H and O–H groups in total. The van der Waals surface area contributed by atoms with Gasteiger partial charge in [0.15, 0.2) is 6.61 Å². The first-order valence-corrected chi connectivity index (χ1v) is 8.40. The first-order valence-electron chi connectivity index (χ1n) is 7.64. The predicted molar refractivity (Wildman–Crippen MR) is 98.1 cm³/mol. The number of rotatable bonds is 5. The van der Waals surface area contributed by atoms with Gasteiger partial charge < -0.3 is 4.74 Å². The van der Waals surface area contributed by atoms with Crippen molar-refractivity contribution in [3.8, 4) is 5.75 Å². The fraction of sp³-hybridized carbons (Fsp3) is 0.222. The number of hydrogen-bond donors (Lipinski definition) is 2. The molecule has 2 rings (SSSR count). The number of carbonyl (C=O) groups excluding carboxylic acids is 2. The van der Waals surface area contributed by atoms with Crippen molar-refractivity contribution in [2.45, 2.75) is 19.8 Å². The van der Waals surface area contributed by atoms with Crippen LogP contribution in [-0.2, 0) is 4.79 Å². The van der Waals surface area contributed by atoms with E-state index < -0.39 is 11.8 Å². The quantitative estimate of drug-likeness (QED) is 0.771. The number of amides is 2. The lowest BCUT2D eigenvalue weighted by molar-refractivity contribution is -0.123. The van der Waals surface area contributed by atoms with E-state index in [1.807, 2.05) is 32.0 Å². The van der Waals surface area contributed by atoms with E-state index in [9.17, 15) is 9.59 Å². The summed E-state index contributed by atoms with van der Waals surface area (Å²) in [5.74, 6) is -0.158. The van der Waals surface area contributed by atoms with Gasteiger partial charge in [-0.15, -0.1) is 0 Å². The van der Waals surface area contributed by atoms with E-state index in [2.05, 4.69) is 10.9 Å². The monoisotopic (exact) mass is 380 g/mol. The number of para-hydroxylation sites is 1. The topological polar surface area (TPSA) is 67.4 Å². The second-order valence-corrected chi connectivity index (χ2v) is 6.45. The molecule has 25 heavy (non-hydrogen) atoms. The minimum absolute atomic E-state index is 0.167. The summed E-state index contributed by atoms with van der Waals surface area (Å²) in [7, 11) is 0. The summed E-state index contributed by atoms with van der Waals surface area (Å²) < 4.78 is 5.53. The molecule has 2 amide bonds. The fourth-order valence-electron chi connectivity index (χ4n) is 2.13. The first-order chi connectivity index (χ1) is 11.9. The molecule has 0 unspecified atom stereocenters. The molecule has 0 radical (unpaired) electrons. The van der Waals surface area contributed by atoms with Crippen LogP contribution >= 0.6 is 23.2 Å². The third-order valence-electron chi connectivity index (χ3n) is 3.39. The molecule has 5 nitrogen and oxygen atoms in total. The Kier molecular flexibility index (Phi) is 6.67. The predicted octanol–water partition coefficient (Wildman–Crippen LogP) is 3.96. The highest BCUT2D eigenvalue weighted by atomic mass is 35.5. The van der Waals surface area contributed by atoms with Crippen molar-refractivity contribution in [3.05, 3.63) is 63.6 Å². The van der Waals surface area contributed by atoms with Crippen LogP contribution in [0.25, 0.3) is 0 Å². The van der Waals surface area contributed by atoms with Crippen molar-refractivity contribution in [1.29, 1.82) is 0 Å². The summed E-state index contributed by atoms with van der Waals surface area (Å²) in [4.78, 5) is 23.9. The minimum atomic E-state index is -0.566. The van der Waals surface area contributed by atoms with E-state index in [-0.39, 0.29) is 23.1 Å². The van der Waals surface area contributed by atoms with E-state index in [4.69, 9.17) is 27.9 Å². The summed E-state index contributed by atoms with van der Waals surface area (Å²) in [6, 6.07) is 12.0. The van der Waals surface area contributed by atoms with Crippen LogP contribution in [0.3, 0.4) is 0 Å². The standard InChI is InChI=1S/C18H18Cl2N2O3/c1-11(2)13-5-3-4-6-16(13)25-10-17(23)21-22-18(24)14-9-12(19)7-8-15(14)20/h3-9,11H,10H2,1-2H3,(H,21,23)(H,22,24). The lowest BCUT2D eigenvalue weighted by atomic mass is 10.0.